The summed E-state index contributed by atoms with van der Waals surface area (Å²) in [6.07, 6.45) is 6.55. The molecule has 3 heterocycles. The lowest BCUT2D eigenvalue weighted by Gasteiger charge is -2.30. The van der Waals surface area contributed by atoms with Crippen LogP contribution in [0.3, 0.4) is 0 Å². The van der Waals surface area contributed by atoms with E-state index in [9.17, 15) is 4.79 Å². The number of rotatable bonds is 4. The zero-order valence-corrected chi connectivity index (χ0v) is 15.5. The Bertz CT molecular complexity index is 811. The summed E-state index contributed by atoms with van der Waals surface area (Å²) >= 11 is 0. The van der Waals surface area contributed by atoms with Crippen molar-refractivity contribution >= 4 is 29.0 Å². The Morgan fingerprint density at radius 1 is 1.15 bits per heavy atom. The number of nitrogens with zero attached hydrogens (tertiary/aromatic N) is 4. The predicted molar refractivity (Wildman–Crippen MR) is 107 cm³/mol. The summed E-state index contributed by atoms with van der Waals surface area (Å²) in [5.74, 6) is 1.64. The number of hydrogen-bond donors (Lipinski definition) is 2. The Balaban J connectivity index is 1.50. The number of anilines is 4. The quantitative estimate of drug-likeness (QED) is 0.865. The minimum atomic E-state index is 0.178. The third-order valence-corrected chi connectivity index (χ3v) is 5.14. The number of nitrogens with one attached hydrogen (secondary N) is 1. The van der Waals surface area contributed by atoms with Crippen molar-refractivity contribution in [2.75, 3.05) is 34.8 Å². The molecule has 2 aliphatic heterocycles. The van der Waals surface area contributed by atoms with Gasteiger partial charge in [0.15, 0.2) is 0 Å². The summed E-state index contributed by atoms with van der Waals surface area (Å²) in [7, 11) is 0. The molecule has 142 valence electrons. The summed E-state index contributed by atoms with van der Waals surface area (Å²) in [5.41, 5.74) is 7.92. The first kappa shape index (κ1) is 17.7. The van der Waals surface area contributed by atoms with Gasteiger partial charge < -0.3 is 20.9 Å². The Labute approximate surface area is 159 Å². The highest BCUT2D eigenvalue weighted by Gasteiger charge is 2.20. The van der Waals surface area contributed by atoms with Crippen LogP contribution in [0.2, 0.25) is 0 Å². The lowest BCUT2D eigenvalue weighted by molar-refractivity contribution is -0.119. The van der Waals surface area contributed by atoms with Crippen molar-refractivity contribution < 1.29 is 4.79 Å². The van der Waals surface area contributed by atoms with Gasteiger partial charge in [0.2, 0.25) is 11.9 Å². The molecule has 0 radical (unpaired) electrons. The van der Waals surface area contributed by atoms with Crippen molar-refractivity contribution in [1.82, 2.24) is 9.97 Å². The maximum atomic E-state index is 12.2. The highest BCUT2D eigenvalue weighted by Crippen LogP contribution is 2.26. The first-order chi connectivity index (χ1) is 13.2. The second-order valence-electron chi connectivity index (χ2n) is 7.27. The average molecular weight is 366 g/mol. The molecule has 1 aromatic heterocycles. The zero-order valence-electron chi connectivity index (χ0n) is 15.5. The molecule has 0 bridgehead atoms. The fourth-order valence-electron chi connectivity index (χ4n) is 3.74. The summed E-state index contributed by atoms with van der Waals surface area (Å²) in [6, 6.07) is 9.96. The zero-order chi connectivity index (χ0) is 18.6. The standard InChI is InChI=1S/C20H26N6O/c21-15-5-4-11-25(14-15)20-22-10-9-18(24-20)23-16-6-3-7-17(13-16)26-12-2-1-8-19(26)27/h3,6-7,9-10,13,15H,1-2,4-5,8,11-12,14,21H2,(H,22,23,24)/t15-/m0/s1. The van der Waals surface area contributed by atoms with Crippen molar-refractivity contribution in [2.45, 2.75) is 38.1 Å². The van der Waals surface area contributed by atoms with Crippen LogP contribution in [0, 0.1) is 0 Å². The number of carbonyl (C=O) groups is 1. The van der Waals surface area contributed by atoms with E-state index >= 15 is 0 Å². The van der Waals surface area contributed by atoms with E-state index in [1.165, 1.54) is 0 Å². The molecule has 7 nitrogen and oxygen atoms in total. The Hall–Kier alpha value is -2.67. The Morgan fingerprint density at radius 3 is 2.93 bits per heavy atom. The number of amides is 1. The summed E-state index contributed by atoms with van der Waals surface area (Å²) in [6.45, 7) is 2.51. The molecule has 1 aromatic carbocycles. The van der Waals surface area contributed by atoms with E-state index in [0.717, 1.165) is 62.5 Å². The molecule has 2 fully saturated rings. The predicted octanol–water partition coefficient (Wildman–Crippen LogP) is 2.66. The highest BCUT2D eigenvalue weighted by atomic mass is 16.2. The van der Waals surface area contributed by atoms with E-state index in [1.54, 1.807) is 6.20 Å². The van der Waals surface area contributed by atoms with E-state index in [-0.39, 0.29) is 11.9 Å². The van der Waals surface area contributed by atoms with Crippen molar-refractivity contribution in [1.29, 1.82) is 0 Å². The van der Waals surface area contributed by atoms with Crippen LogP contribution in [0.5, 0.6) is 0 Å². The van der Waals surface area contributed by atoms with Crippen molar-refractivity contribution in [3.63, 3.8) is 0 Å². The molecule has 0 spiro atoms. The third-order valence-electron chi connectivity index (χ3n) is 5.14. The molecule has 2 saturated heterocycles. The summed E-state index contributed by atoms with van der Waals surface area (Å²) < 4.78 is 0. The summed E-state index contributed by atoms with van der Waals surface area (Å²) in [5, 5.41) is 3.34. The average Bonchev–Trinajstić information content (AvgIpc) is 2.69. The second kappa shape index (κ2) is 7.92. The number of carbonyl (C=O) groups excluding carboxylic acids is 1. The normalized spacial score (nSPS) is 20.6. The van der Waals surface area contributed by atoms with Gasteiger partial charge in [-0.2, -0.15) is 4.98 Å². The fraction of sp³-hybridized carbons (Fsp3) is 0.450. The van der Waals surface area contributed by atoms with Gasteiger partial charge in [0, 0.05) is 49.7 Å². The van der Waals surface area contributed by atoms with Gasteiger partial charge >= 0.3 is 0 Å². The van der Waals surface area contributed by atoms with Gasteiger partial charge in [-0.15, -0.1) is 0 Å². The lowest BCUT2D eigenvalue weighted by Crippen LogP contribution is -2.43. The van der Waals surface area contributed by atoms with E-state index in [0.29, 0.717) is 12.4 Å². The highest BCUT2D eigenvalue weighted by molar-refractivity contribution is 5.94. The van der Waals surface area contributed by atoms with Crippen LogP contribution in [0.15, 0.2) is 36.5 Å². The van der Waals surface area contributed by atoms with Crippen LogP contribution in [0.1, 0.15) is 32.1 Å². The smallest absolute Gasteiger partial charge is 0.227 e. The molecule has 0 saturated carbocycles. The van der Waals surface area contributed by atoms with Crippen LogP contribution in [0.25, 0.3) is 0 Å². The largest absolute Gasteiger partial charge is 0.340 e. The van der Waals surface area contributed by atoms with Gasteiger partial charge in [-0.05, 0) is 49.9 Å². The number of piperidine rings is 2. The van der Waals surface area contributed by atoms with E-state index < -0.39 is 0 Å². The van der Waals surface area contributed by atoms with Gasteiger partial charge in [-0.1, -0.05) is 6.07 Å². The molecule has 2 aliphatic rings. The van der Waals surface area contributed by atoms with Crippen LogP contribution in [0.4, 0.5) is 23.1 Å². The van der Waals surface area contributed by atoms with Gasteiger partial charge in [0.05, 0.1) is 0 Å². The molecule has 7 heteroatoms. The monoisotopic (exact) mass is 366 g/mol. The maximum Gasteiger partial charge on any atom is 0.227 e. The molecule has 4 rings (SSSR count). The number of nitrogens with two attached hydrogens (primary N) is 1. The number of aromatic nitrogens is 2. The molecular weight excluding hydrogens is 340 g/mol. The SMILES string of the molecule is N[C@H]1CCCN(c2nccc(Nc3cccc(N4CCCCC4=O)c3)n2)C1. The van der Waals surface area contributed by atoms with Crippen molar-refractivity contribution in [3.8, 4) is 0 Å². The van der Waals surface area contributed by atoms with Crippen LogP contribution < -0.4 is 20.9 Å². The van der Waals surface area contributed by atoms with Crippen molar-refractivity contribution in [3.05, 3.63) is 36.5 Å². The first-order valence-corrected chi connectivity index (χ1v) is 9.70. The Morgan fingerprint density at radius 2 is 2.07 bits per heavy atom. The minimum Gasteiger partial charge on any atom is -0.340 e. The minimum absolute atomic E-state index is 0.178. The third kappa shape index (κ3) is 4.19. The van der Waals surface area contributed by atoms with Gasteiger partial charge in [0.1, 0.15) is 5.82 Å². The molecular formula is C20H26N6O. The topological polar surface area (TPSA) is 87.4 Å². The van der Waals surface area contributed by atoms with Gasteiger partial charge in [-0.3, -0.25) is 4.79 Å². The lowest BCUT2D eigenvalue weighted by atomic mass is 10.1. The van der Waals surface area contributed by atoms with Gasteiger partial charge in [-0.25, -0.2) is 4.98 Å². The molecule has 3 N–H and O–H groups in total. The number of hydrogen-bond acceptors (Lipinski definition) is 6. The fourth-order valence-corrected chi connectivity index (χ4v) is 3.74. The van der Waals surface area contributed by atoms with Gasteiger partial charge in [0.25, 0.3) is 0 Å². The molecule has 27 heavy (non-hydrogen) atoms. The van der Waals surface area contributed by atoms with Crippen LogP contribution >= 0.6 is 0 Å². The molecule has 0 unspecified atom stereocenters. The number of benzene rings is 1. The molecule has 2 aromatic rings. The van der Waals surface area contributed by atoms with Crippen molar-refractivity contribution in [2.24, 2.45) is 5.73 Å². The van der Waals surface area contributed by atoms with E-state index in [4.69, 9.17) is 5.73 Å². The van der Waals surface area contributed by atoms with Crippen LogP contribution in [-0.4, -0.2) is 41.6 Å². The summed E-state index contributed by atoms with van der Waals surface area (Å²) in [4.78, 5) is 25.2. The second-order valence-corrected chi connectivity index (χ2v) is 7.27. The van der Waals surface area contributed by atoms with Crippen LogP contribution in [-0.2, 0) is 4.79 Å². The molecule has 1 atom stereocenters. The van der Waals surface area contributed by atoms with E-state index in [2.05, 4.69) is 20.2 Å². The molecule has 0 aliphatic carbocycles. The molecule has 1 amide bonds. The maximum absolute atomic E-state index is 12.2. The first-order valence-electron chi connectivity index (χ1n) is 9.70. The Kier molecular flexibility index (Phi) is 5.20. The van der Waals surface area contributed by atoms with E-state index in [1.807, 2.05) is 35.2 Å².